The number of piperazine rings is 1. The second-order valence-corrected chi connectivity index (χ2v) is 11.7. The predicted molar refractivity (Wildman–Crippen MR) is 141 cm³/mol. The summed E-state index contributed by atoms with van der Waals surface area (Å²) in [5, 5.41) is 3.27. The highest BCUT2D eigenvalue weighted by atomic mass is 16.6. The van der Waals surface area contributed by atoms with E-state index in [1.165, 1.54) is 12.5 Å². The molecular formula is C28H45N3O7. The van der Waals surface area contributed by atoms with Crippen molar-refractivity contribution in [3.05, 3.63) is 11.6 Å². The molecular weight excluding hydrogens is 490 g/mol. The second-order valence-electron chi connectivity index (χ2n) is 11.7. The van der Waals surface area contributed by atoms with Gasteiger partial charge in [-0.25, -0.2) is 4.79 Å². The van der Waals surface area contributed by atoms with Gasteiger partial charge in [-0.1, -0.05) is 11.6 Å². The molecule has 4 aliphatic rings. The number of esters is 1. The summed E-state index contributed by atoms with van der Waals surface area (Å²) < 4.78 is 23.6. The van der Waals surface area contributed by atoms with Crippen LogP contribution in [0.1, 0.15) is 59.8 Å². The van der Waals surface area contributed by atoms with E-state index in [0.717, 1.165) is 25.9 Å². The van der Waals surface area contributed by atoms with Gasteiger partial charge in [0.1, 0.15) is 18.0 Å². The Labute approximate surface area is 226 Å². The number of epoxide rings is 2. The average molecular weight is 536 g/mol. The van der Waals surface area contributed by atoms with Crippen LogP contribution < -0.4 is 5.32 Å². The van der Waals surface area contributed by atoms with E-state index in [1.54, 1.807) is 7.11 Å². The normalized spacial score (nSPS) is 34.5. The van der Waals surface area contributed by atoms with E-state index in [9.17, 15) is 14.4 Å². The molecule has 38 heavy (non-hydrogen) atoms. The number of hydrogen-bond donors (Lipinski definition) is 1. The molecule has 3 aliphatic heterocycles. The van der Waals surface area contributed by atoms with Crippen LogP contribution in [-0.4, -0.2) is 110 Å². The Morgan fingerprint density at radius 1 is 1.11 bits per heavy atom. The Kier molecular flexibility index (Phi) is 9.17. The van der Waals surface area contributed by atoms with Crippen molar-refractivity contribution in [1.29, 1.82) is 0 Å². The first-order valence-corrected chi connectivity index (χ1v) is 14.0. The first-order chi connectivity index (χ1) is 18.1. The summed E-state index contributed by atoms with van der Waals surface area (Å²) in [7, 11) is 1.72. The molecule has 10 nitrogen and oxygen atoms in total. The van der Waals surface area contributed by atoms with Crippen LogP contribution in [0, 0.1) is 5.92 Å². The van der Waals surface area contributed by atoms with Crippen LogP contribution in [0.15, 0.2) is 11.6 Å². The topological polar surface area (TPSA) is 113 Å². The van der Waals surface area contributed by atoms with Gasteiger partial charge in [0.2, 0.25) is 0 Å². The zero-order chi connectivity index (χ0) is 27.5. The standard InChI is InChI=1S/C28H45N3O7/c1-19(2)6-8-22-27(4,38-22)25-24(35-5)21(10-11-28(25)18-37-28)29-26(34)31-14-12-30(13-15-31)16-17-36-23(33)9-7-20(3)32/h6,21-22,24-25H,7-18H2,1-5H3,(H,29,34)/t21-,22?,24-,25-,27?,28+/m1/s1. The first kappa shape index (κ1) is 29.0. The fraction of sp³-hybridized carbons (Fsp3) is 0.821. The fourth-order valence-corrected chi connectivity index (χ4v) is 6.21. The summed E-state index contributed by atoms with van der Waals surface area (Å²) in [5.41, 5.74) is 0.744. The van der Waals surface area contributed by atoms with Gasteiger partial charge < -0.3 is 34.0 Å². The smallest absolute Gasteiger partial charge is 0.317 e. The van der Waals surface area contributed by atoms with Crippen molar-refractivity contribution in [2.24, 2.45) is 5.92 Å². The summed E-state index contributed by atoms with van der Waals surface area (Å²) in [6.45, 7) is 12.1. The lowest BCUT2D eigenvalue weighted by molar-refractivity contribution is -0.145. The molecule has 1 N–H and O–H groups in total. The van der Waals surface area contributed by atoms with Crippen LogP contribution in [0.25, 0.3) is 0 Å². The highest BCUT2D eigenvalue weighted by molar-refractivity contribution is 5.81. The van der Waals surface area contributed by atoms with Gasteiger partial charge in [0.15, 0.2) is 0 Å². The van der Waals surface area contributed by atoms with E-state index in [-0.39, 0.29) is 66.0 Å². The number of amides is 2. The van der Waals surface area contributed by atoms with Gasteiger partial charge in [0, 0.05) is 52.2 Å². The molecule has 2 unspecified atom stereocenters. The van der Waals surface area contributed by atoms with E-state index < -0.39 is 0 Å². The Balaban J connectivity index is 1.25. The van der Waals surface area contributed by atoms with Gasteiger partial charge in [-0.3, -0.25) is 9.69 Å². The number of carbonyl (C=O) groups is 3. The third kappa shape index (κ3) is 6.76. The number of ketones is 1. The highest BCUT2D eigenvalue weighted by Crippen LogP contribution is 2.59. The number of hydrogen-bond acceptors (Lipinski definition) is 8. The SMILES string of the molecule is CO[C@H]1[C@H](C2(C)OC2CC=C(C)C)[C@]2(CC[C@H]1NC(=O)N1CCN(CCOC(=O)CCC(C)=O)CC1)CO2. The molecule has 0 radical (unpaired) electrons. The number of urea groups is 1. The zero-order valence-corrected chi connectivity index (χ0v) is 23.6. The minimum atomic E-state index is -0.344. The number of Topliss-reactive ketones (excluding diaryl/α,β-unsaturated/α-hetero) is 1. The molecule has 10 heteroatoms. The molecule has 1 saturated carbocycles. The van der Waals surface area contributed by atoms with Crippen LogP contribution in [0.2, 0.25) is 0 Å². The average Bonchev–Trinajstić information content (AvgIpc) is 3.79. The summed E-state index contributed by atoms with van der Waals surface area (Å²) in [4.78, 5) is 40.0. The van der Waals surface area contributed by atoms with Gasteiger partial charge in [-0.15, -0.1) is 0 Å². The van der Waals surface area contributed by atoms with Crippen molar-refractivity contribution < 1.29 is 33.3 Å². The van der Waals surface area contributed by atoms with E-state index >= 15 is 0 Å². The van der Waals surface area contributed by atoms with Crippen LogP contribution in [0.5, 0.6) is 0 Å². The Bertz CT molecular complexity index is 908. The molecule has 1 spiro atoms. The van der Waals surface area contributed by atoms with Crippen molar-refractivity contribution in [3.63, 3.8) is 0 Å². The van der Waals surface area contributed by atoms with Gasteiger partial charge in [-0.2, -0.15) is 0 Å². The Morgan fingerprint density at radius 3 is 2.42 bits per heavy atom. The van der Waals surface area contributed by atoms with Gasteiger partial charge in [0.05, 0.1) is 36.9 Å². The number of allylic oxidation sites excluding steroid dienone is 1. The van der Waals surface area contributed by atoms with Gasteiger partial charge in [-0.05, 0) is 47.0 Å². The molecule has 0 aromatic rings. The fourth-order valence-electron chi connectivity index (χ4n) is 6.21. The monoisotopic (exact) mass is 535 g/mol. The molecule has 2 amide bonds. The Hall–Kier alpha value is -2.01. The predicted octanol–water partition coefficient (Wildman–Crippen LogP) is 2.30. The lowest BCUT2D eigenvalue weighted by Crippen LogP contribution is -2.61. The number of nitrogens with zero attached hydrogens (tertiary/aromatic N) is 2. The maximum Gasteiger partial charge on any atom is 0.317 e. The third-order valence-corrected chi connectivity index (χ3v) is 8.61. The van der Waals surface area contributed by atoms with Crippen LogP contribution >= 0.6 is 0 Å². The molecule has 0 aromatic carbocycles. The summed E-state index contributed by atoms with van der Waals surface area (Å²) >= 11 is 0. The molecule has 214 valence electrons. The Morgan fingerprint density at radius 2 is 1.82 bits per heavy atom. The second kappa shape index (κ2) is 12.0. The summed E-state index contributed by atoms with van der Waals surface area (Å²) in [6.07, 6.45) is 5.09. The molecule has 4 fully saturated rings. The number of carbonyl (C=O) groups excluding carboxylic acids is 3. The minimum Gasteiger partial charge on any atom is -0.464 e. The number of ether oxygens (including phenoxy) is 4. The van der Waals surface area contributed by atoms with Crippen molar-refractivity contribution in [1.82, 2.24) is 15.1 Å². The van der Waals surface area contributed by atoms with E-state index in [1.807, 2.05) is 4.90 Å². The highest BCUT2D eigenvalue weighted by Gasteiger charge is 2.71. The molecule has 0 bridgehead atoms. The van der Waals surface area contributed by atoms with Crippen molar-refractivity contribution in [3.8, 4) is 0 Å². The van der Waals surface area contributed by atoms with Crippen LogP contribution in [-0.2, 0) is 28.5 Å². The molecule has 1 aliphatic carbocycles. The molecule has 6 atom stereocenters. The molecule has 3 heterocycles. The maximum absolute atomic E-state index is 13.2. The lowest BCUT2D eigenvalue weighted by Gasteiger charge is -2.44. The van der Waals surface area contributed by atoms with Crippen molar-refractivity contribution >= 4 is 17.8 Å². The zero-order valence-electron chi connectivity index (χ0n) is 23.6. The quantitative estimate of drug-likeness (QED) is 0.244. The number of nitrogens with one attached hydrogen (secondary N) is 1. The summed E-state index contributed by atoms with van der Waals surface area (Å²) in [6, 6.07) is -0.174. The van der Waals surface area contributed by atoms with E-state index in [2.05, 4.69) is 37.1 Å². The summed E-state index contributed by atoms with van der Waals surface area (Å²) in [5.74, 6) is -0.301. The first-order valence-electron chi connectivity index (χ1n) is 14.0. The maximum atomic E-state index is 13.2. The van der Waals surface area contributed by atoms with Crippen molar-refractivity contribution in [2.75, 3.05) is 53.0 Å². The molecule has 0 aromatic heterocycles. The lowest BCUT2D eigenvalue weighted by atomic mass is 9.67. The third-order valence-electron chi connectivity index (χ3n) is 8.61. The van der Waals surface area contributed by atoms with Gasteiger partial charge in [0.25, 0.3) is 0 Å². The number of methoxy groups -OCH3 is 1. The minimum absolute atomic E-state index is 0.0176. The van der Waals surface area contributed by atoms with E-state index in [0.29, 0.717) is 39.3 Å². The van der Waals surface area contributed by atoms with E-state index in [4.69, 9.17) is 18.9 Å². The van der Waals surface area contributed by atoms with Crippen LogP contribution in [0.4, 0.5) is 4.79 Å². The number of rotatable bonds is 11. The largest absolute Gasteiger partial charge is 0.464 e. The molecule has 3 saturated heterocycles. The van der Waals surface area contributed by atoms with Gasteiger partial charge >= 0.3 is 12.0 Å². The molecule has 4 rings (SSSR count). The van der Waals surface area contributed by atoms with Crippen molar-refractivity contribution in [2.45, 2.75) is 89.3 Å². The van der Waals surface area contributed by atoms with Crippen LogP contribution in [0.3, 0.4) is 0 Å².